The molecule has 1 aromatic rings. The van der Waals surface area contributed by atoms with Gasteiger partial charge in [-0.25, -0.2) is 4.79 Å². The molecule has 0 saturated heterocycles. The van der Waals surface area contributed by atoms with Gasteiger partial charge in [-0.1, -0.05) is 36.8 Å². The fourth-order valence-electron chi connectivity index (χ4n) is 3.92. The average molecular weight is 489 g/mol. The molecule has 4 amide bonds. The minimum Gasteiger partial charge on any atom is -0.444 e. The third kappa shape index (κ3) is 8.56. The molecule has 35 heavy (non-hydrogen) atoms. The van der Waals surface area contributed by atoms with Crippen molar-refractivity contribution in [2.45, 2.75) is 97.5 Å². The number of amides is 4. The van der Waals surface area contributed by atoms with Crippen molar-refractivity contribution in [2.75, 3.05) is 0 Å². The van der Waals surface area contributed by atoms with E-state index in [0.29, 0.717) is 12.0 Å². The number of carbonyl (C=O) groups is 4. The minimum atomic E-state index is -1.27. The molecule has 9 heteroatoms. The zero-order valence-corrected chi connectivity index (χ0v) is 22.1. The van der Waals surface area contributed by atoms with Gasteiger partial charge in [-0.3, -0.25) is 14.4 Å². The van der Waals surface area contributed by atoms with E-state index in [-0.39, 0.29) is 17.9 Å². The first kappa shape index (κ1) is 28.1. The Hall–Kier alpha value is -3.10. The van der Waals surface area contributed by atoms with Gasteiger partial charge in [0.15, 0.2) is 0 Å². The van der Waals surface area contributed by atoms with E-state index in [1.54, 1.807) is 26.8 Å². The predicted octanol–water partition coefficient (Wildman–Crippen LogP) is 2.96. The van der Waals surface area contributed by atoms with Crippen molar-refractivity contribution in [1.29, 1.82) is 0 Å². The third-order valence-corrected chi connectivity index (χ3v) is 5.46. The molecule has 1 saturated carbocycles. The van der Waals surface area contributed by atoms with Crippen molar-refractivity contribution >= 4 is 23.8 Å². The maximum Gasteiger partial charge on any atom is 0.408 e. The summed E-state index contributed by atoms with van der Waals surface area (Å²) in [7, 11) is 0. The third-order valence-electron chi connectivity index (χ3n) is 5.46. The number of benzene rings is 1. The van der Waals surface area contributed by atoms with Crippen LogP contribution >= 0.6 is 0 Å². The average Bonchev–Trinajstić information content (AvgIpc) is 3.37. The quantitative estimate of drug-likeness (QED) is 0.518. The van der Waals surface area contributed by atoms with Gasteiger partial charge in [0.2, 0.25) is 17.7 Å². The minimum absolute atomic E-state index is 0.157. The number of primary amides is 1. The number of alkyl carbamates (subject to hydrolysis) is 1. The van der Waals surface area contributed by atoms with E-state index in [2.05, 4.69) is 10.6 Å². The summed E-state index contributed by atoms with van der Waals surface area (Å²) >= 11 is 0. The highest BCUT2D eigenvalue weighted by molar-refractivity contribution is 5.95. The molecule has 0 bridgehead atoms. The number of nitrogens with two attached hydrogens (primary N) is 1. The van der Waals surface area contributed by atoms with Crippen LogP contribution in [0.4, 0.5) is 4.79 Å². The molecule has 4 unspecified atom stereocenters. The van der Waals surface area contributed by atoms with Gasteiger partial charge < -0.3 is 26.0 Å². The van der Waals surface area contributed by atoms with E-state index in [1.807, 2.05) is 52.8 Å². The molecule has 9 nitrogen and oxygen atoms in total. The molecule has 0 spiro atoms. The zero-order chi connectivity index (χ0) is 26.7. The van der Waals surface area contributed by atoms with Gasteiger partial charge in [0.25, 0.3) is 0 Å². The number of nitrogens with zero attached hydrogens (tertiary/aromatic N) is 1. The molecule has 4 atom stereocenters. The molecular weight excluding hydrogens is 448 g/mol. The molecule has 1 aromatic carbocycles. The van der Waals surface area contributed by atoms with Crippen molar-refractivity contribution in [3.63, 3.8) is 0 Å². The van der Waals surface area contributed by atoms with E-state index in [1.165, 1.54) is 4.90 Å². The first-order chi connectivity index (χ1) is 16.0. The van der Waals surface area contributed by atoms with Crippen molar-refractivity contribution in [3.05, 3.63) is 35.4 Å². The first-order valence-electron chi connectivity index (χ1n) is 12.0. The standard InChI is InChI=1S/C26H40N4O5/c1-15-10-9-11-17(12-15)21(22(32)29-25(3,4)5)30(19-13-16(19)2)23(33)18(14-20(27)31)28-24(34)35-26(6,7)8/h9-12,16,18-19,21H,13-14H2,1-8H3,(H2,27,31)(H,28,34)(H,29,32). The van der Waals surface area contributed by atoms with Gasteiger partial charge in [0, 0.05) is 11.6 Å². The summed E-state index contributed by atoms with van der Waals surface area (Å²) in [4.78, 5) is 53.4. The van der Waals surface area contributed by atoms with Crippen LogP contribution in [0, 0.1) is 12.8 Å². The van der Waals surface area contributed by atoms with Crippen molar-refractivity contribution in [3.8, 4) is 0 Å². The lowest BCUT2D eigenvalue weighted by molar-refractivity contribution is -0.144. The Morgan fingerprint density at radius 3 is 2.20 bits per heavy atom. The van der Waals surface area contributed by atoms with Crippen LogP contribution in [0.15, 0.2) is 24.3 Å². The number of hydrogen-bond donors (Lipinski definition) is 3. The number of aryl methyl sites for hydroxylation is 1. The molecule has 194 valence electrons. The Morgan fingerprint density at radius 2 is 1.74 bits per heavy atom. The Balaban J connectivity index is 2.52. The Bertz CT molecular complexity index is 963. The zero-order valence-electron chi connectivity index (χ0n) is 22.1. The van der Waals surface area contributed by atoms with Crippen LogP contribution in [0.5, 0.6) is 0 Å². The Labute approximate surface area is 208 Å². The predicted molar refractivity (Wildman–Crippen MR) is 133 cm³/mol. The van der Waals surface area contributed by atoms with Crippen molar-refractivity contribution in [1.82, 2.24) is 15.5 Å². The summed E-state index contributed by atoms with van der Waals surface area (Å²) in [5.74, 6) is -1.50. The lowest BCUT2D eigenvalue weighted by atomic mass is 9.98. The van der Waals surface area contributed by atoms with Gasteiger partial charge in [0.05, 0.1) is 6.42 Å². The lowest BCUT2D eigenvalue weighted by Crippen LogP contribution is -2.56. The van der Waals surface area contributed by atoms with Gasteiger partial charge in [-0.15, -0.1) is 0 Å². The van der Waals surface area contributed by atoms with E-state index < -0.39 is 47.6 Å². The van der Waals surface area contributed by atoms with E-state index in [0.717, 1.165) is 5.56 Å². The van der Waals surface area contributed by atoms with Crippen LogP contribution in [0.1, 0.15) is 78.5 Å². The molecule has 4 N–H and O–H groups in total. The summed E-state index contributed by atoms with van der Waals surface area (Å²) in [6.45, 7) is 14.6. The monoisotopic (exact) mass is 488 g/mol. The molecule has 2 rings (SSSR count). The normalized spacial score (nSPS) is 19.2. The van der Waals surface area contributed by atoms with Crippen LogP contribution in [0.25, 0.3) is 0 Å². The van der Waals surface area contributed by atoms with E-state index in [4.69, 9.17) is 10.5 Å². The number of ether oxygens (including phenoxy) is 1. The number of carbonyl (C=O) groups excluding carboxylic acids is 4. The molecule has 0 aromatic heterocycles. The van der Waals surface area contributed by atoms with Crippen LogP contribution in [0.2, 0.25) is 0 Å². The fraction of sp³-hybridized carbons (Fsp3) is 0.615. The number of rotatable bonds is 8. The second-order valence-electron chi connectivity index (χ2n) is 11.5. The number of nitrogens with one attached hydrogen (secondary N) is 2. The SMILES string of the molecule is Cc1cccc(C(C(=O)NC(C)(C)C)N(C(=O)C(CC(N)=O)NC(=O)OC(C)(C)C)C2CC2C)c1. The smallest absolute Gasteiger partial charge is 0.408 e. The van der Waals surface area contributed by atoms with Crippen LogP contribution in [0.3, 0.4) is 0 Å². The van der Waals surface area contributed by atoms with Gasteiger partial charge in [-0.05, 0) is 66.4 Å². The fourth-order valence-corrected chi connectivity index (χ4v) is 3.92. The highest BCUT2D eigenvalue weighted by Gasteiger charge is 2.48. The largest absolute Gasteiger partial charge is 0.444 e. The van der Waals surface area contributed by atoms with E-state index in [9.17, 15) is 19.2 Å². The first-order valence-corrected chi connectivity index (χ1v) is 12.0. The summed E-state index contributed by atoms with van der Waals surface area (Å²) in [6.07, 6.45) is -0.559. The van der Waals surface area contributed by atoms with Crippen molar-refractivity contribution < 1.29 is 23.9 Å². The van der Waals surface area contributed by atoms with Crippen molar-refractivity contribution in [2.24, 2.45) is 11.7 Å². The molecule has 1 aliphatic carbocycles. The number of hydrogen-bond acceptors (Lipinski definition) is 5. The second-order valence-corrected chi connectivity index (χ2v) is 11.5. The summed E-state index contributed by atoms with van der Waals surface area (Å²) < 4.78 is 5.30. The molecule has 1 fully saturated rings. The van der Waals surface area contributed by atoms with Gasteiger partial charge >= 0.3 is 6.09 Å². The highest BCUT2D eigenvalue weighted by Crippen LogP contribution is 2.41. The van der Waals surface area contributed by atoms with Gasteiger partial charge in [0.1, 0.15) is 17.7 Å². The van der Waals surface area contributed by atoms with Crippen LogP contribution < -0.4 is 16.4 Å². The summed E-state index contributed by atoms with van der Waals surface area (Å²) in [6, 6.07) is 4.96. The Morgan fingerprint density at radius 1 is 1.14 bits per heavy atom. The molecule has 0 radical (unpaired) electrons. The second kappa shape index (κ2) is 10.7. The molecule has 0 aliphatic heterocycles. The van der Waals surface area contributed by atoms with Gasteiger partial charge in [-0.2, -0.15) is 0 Å². The topological polar surface area (TPSA) is 131 Å². The summed E-state index contributed by atoms with van der Waals surface area (Å²) in [5, 5.41) is 5.49. The van der Waals surface area contributed by atoms with E-state index >= 15 is 0 Å². The Kier molecular flexibility index (Phi) is 8.57. The molecule has 1 aliphatic rings. The highest BCUT2D eigenvalue weighted by atomic mass is 16.6. The lowest BCUT2D eigenvalue weighted by Gasteiger charge is -2.36. The maximum absolute atomic E-state index is 13.9. The summed E-state index contributed by atoms with van der Waals surface area (Å²) in [5.41, 5.74) is 5.67. The molecular formula is C26H40N4O5. The van der Waals surface area contributed by atoms with Crippen LogP contribution in [-0.2, 0) is 19.1 Å². The van der Waals surface area contributed by atoms with Crippen LogP contribution in [-0.4, -0.2) is 51.9 Å². The maximum atomic E-state index is 13.9. The molecule has 0 heterocycles.